The third-order valence-electron chi connectivity index (χ3n) is 3.31. The van der Waals surface area contributed by atoms with Crippen molar-refractivity contribution < 1.29 is 9.90 Å². The highest BCUT2D eigenvalue weighted by molar-refractivity contribution is 5.81. The average molecular weight is 278 g/mol. The molecule has 0 radical (unpaired) electrons. The molecule has 0 aromatic heterocycles. The number of phenolic OH excluding ortho intramolecular Hbond substituents is 1. The van der Waals surface area contributed by atoms with E-state index in [1.807, 2.05) is 25.1 Å². The summed E-state index contributed by atoms with van der Waals surface area (Å²) >= 11 is 0. The van der Waals surface area contributed by atoms with E-state index in [2.05, 4.69) is 19.2 Å². The molecule has 0 fully saturated rings. The number of hydrogen-bond acceptors (Lipinski definition) is 3. The van der Waals surface area contributed by atoms with Crippen LogP contribution in [0.2, 0.25) is 0 Å². The van der Waals surface area contributed by atoms with Crippen LogP contribution >= 0.6 is 0 Å². The second kappa shape index (κ2) is 7.29. The minimum Gasteiger partial charge on any atom is -0.507 e. The minimum atomic E-state index is -0.218. The number of amides is 1. The van der Waals surface area contributed by atoms with Crippen LogP contribution in [0.25, 0.3) is 0 Å². The molecule has 0 spiro atoms. The van der Waals surface area contributed by atoms with Gasteiger partial charge in [-0.2, -0.15) is 0 Å². The smallest absolute Gasteiger partial charge is 0.239 e. The fourth-order valence-corrected chi connectivity index (χ4v) is 2.15. The summed E-state index contributed by atoms with van der Waals surface area (Å²) < 4.78 is 0. The van der Waals surface area contributed by atoms with Crippen LogP contribution < -0.4 is 5.32 Å². The summed E-state index contributed by atoms with van der Waals surface area (Å²) in [5, 5.41) is 13.3. The number of phenols is 1. The summed E-state index contributed by atoms with van der Waals surface area (Å²) in [6.07, 6.45) is 0.781. The van der Waals surface area contributed by atoms with Crippen LogP contribution in [0.3, 0.4) is 0 Å². The van der Waals surface area contributed by atoms with Gasteiger partial charge >= 0.3 is 0 Å². The van der Waals surface area contributed by atoms with Crippen LogP contribution in [-0.2, 0) is 11.3 Å². The lowest BCUT2D eigenvalue weighted by Crippen LogP contribution is -2.44. The van der Waals surface area contributed by atoms with Crippen LogP contribution in [0.1, 0.15) is 31.4 Å². The van der Waals surface area contributed by atoms with E-state index < -0.39 is 0 Å². The Bertz CT molecular complexity index is 456. The molecule has 1 aromatic rings. The molecular formula is C16H26N2O2. The first-order valence-electron chi connectivity index (χ1n) is 7.05. The second-order valence-electron chi connectivity index (χ2n) is 5.88. The second-order valence-corrected chi connectivity index (χ2v) is 5.88. The van der Waals surface area contributed by atoms with Crippen molar-refractivity contribution in [3.8, 4) is 5.75 Å². The Labute approximate surface area is 121 Å². The summed E-state index contributed by atoms with van der Waals surface area (Å²) in [6, 6.07) is 5.44. The number of nitrogens with zero attached hydrogens (tertiary/aromatic N) is 1. The molecule has 1 atom stereocenters. The Morgan fingerprint density at radius 1 is 1.35 bits per heavy atom. The van der Waals surface area contributed by atoms with Crippen molar-refractivity contribution >= 4 is 5.91 Å². The molecule has 112 valence electrons. The predicted molar refractivity (Wildman–Crippen MR) is 81.6 cm³/mol. The van der Waals surface area contributed by atoms with Gasteiger partial charge in [0.25, 0.3) is 0 Å². The van der Waals surface area contributed by atoms with Crippen molar-refractivity contribution in [1.29, 1.82) is 0 Å². The van der Waals surface area contributed by atoms with Gasteiger partial charge in [-0.3, -0.25) is 4.79 Å². The van der Waals surface area contributed by atoms with Gasteiger partial charge in [0.15, 0.2) is 0 Å². The number of benzene rings is 1. The van der Waals surface area contributed by atoms with E-state index >= 15 is 0 Å². The Balaban J connectivity index is 2.75. The highest BCUT2D eigenvalue weighted by atomic mass is 16.3. The zero-order valence-electron chi connectivity index (χ0n) is 13.1. The fourth-order valence-electron chi connectivity index (χ4n) is 2.15. The third kappa shape index (κ3) is 4.53. The van der Waals surface area contributed by atoms with Crippen LogP contribution in [0.4, 0.5) is 0 Å². The van der Waals surface area contributed by atoms with Gasteiger partial charge in [0.2, 0.25) is 5.91 Å². The molecule has 4 heteroatoms. The van der Waals surface area contributed by atoms with Gasteiger partial charge in [0.1, 0.15) is 5.75 Å². The van der Waals surface area contributed by atoms with Gasteiger partial charge in [-0.25, -0.2) is 0 Å². The summed E-state index contributed by atoms with van der Waals surface area (Å²) in [4.78, 5) is 13.8. The molecule has 0 bridgehead atoms. The van der Waals surface area contributed by atoms with Crippen LogP contribution in [-0.4, -0.2) is 36.1 Å². The molecule has 2 N–H and O–H groups in total. The molecular weight excluding hydrogens is 252 g/mol. The van der Waals surface area contributed by atoms with Crippen LogP contribution in [0.15, 0.2) is 18.2 Å². The zero-order valence-corrected chi connectivity index (χ0v) is 13.1. The van der Waals surface area contributed by atoms with Crippen molar-refractivity contribution in [1.82, 2.24) is 10.2 Å². The van der Waals surface area contributed by atoms with Crippen molar-refractivity contribution in [2.45, 2.75) is 39.8 Å². The highest BCUT2D eigenvalue weighted by Gasteiger charge is 2.21. The van der Waals surface area contributed by atoms with E-state index in [-0.39, 0.29) is 11.9 Å². The van der Waals surface area contributed by atoms with Gasteiger partial charge in [-0.15, -0.1) is 0 Å². The number of aryl methyl sites for hydroxylation is 1. The van der Waals surface area contributed by atoms with Crippen LogP contribution in [0, 0.1) is 12.8 Å². The molecule has 20 heavy (non-hydrogen) atoms. The predicted octanol–water partition coefficient (Wildman–Crippen LogP) is 2.29. The molecule has 0 aliphatic heterocycles. The van der Waals surface area contributed by atoms with Crippen molar-refractivity contribution in [2.75, 3.05) is 14.1 Å². The number of aromatic hydroxyl groups is 1. The van der Waals surface area contributed by atoms with E-state index in [0.29, 0.717) is 18.2 Å². The Morgan fingerprint density at radius 3 is 2.55 bits per heavy atom. The first kappa shape index (κ1) is 16.5. The summed E-state index contributed by atoms with van der Waals surface area (Å²) in [5.74, 6) is 0.814. The summed E-state index contributed by atoms with van der Waals surface area (Å²) in [7, 11) is 3.53. The van der Waals surface area contributed by atoms with Gasteiger partial charge in [0.05, 0.1) is 6.04 Å². The van der Waals surface area contributed by atoms with Crippen molar-refractivity contribution in [2.24, 2.45) is 5.92 Å². The van der Waals surface area contributed by atoms with E-state index in [4.69, 9.17) is 0 Å². The number of carbonyl (C=O) groups excluding carboxylic acids is 1. The van der Waals surface area contributed by atoms with E-state index in [1.54, 1.807) is 19.0 Å². The van der Waals surface area contributed by atoms with Gasteiger partial charge in [-0.05, 0) is 24.8 Å². The number of carbonyl (C=O) groups is 1. The van der Waals surface area contributed by atoms with Gasteiger partial charge < -0.3 is 15.3 Å². The monoisotopic (exact) mass is 278 g/mol. The maximum Gasteiger partial charge on any atom is 0.239 e. The van der Waals surface area contributed by atoms with Gasteiger partial charge in [0, 0.05) is 26.2 Å². The molecule has 0 aliphatic rings. The number of likely N-dealkylation sites (N-methyl/N-ethyl adjacent to an activating group) is 1. The van der Waals surface area contributed by atoms with Crippen molar-refractivity contribution in [3.63, 3.8) is 0 Å². The number of hydrogen-bond donors (Lipinski definition) is 2. The largest absolute Gasteiger partial charge is 0.507 e. The number of para-hydroxylation sites is 1. The normalized spacial score (nSPS) is 12.5. The third-order valence-corrected chi connectivity index (χ3v) is 3.31. The fraction of sp³-hybridized carbons (Fsp3) is 0.562. The molecule has 4 nitrogen and oxygen atoms in total. The highest BCUT2D eigenvalue weighted by Crippen LogP contribution is 2.21. The quantitative estimate of drug-likeness (QED) is 0.839. The molecule has 0 saturated carbocycles. The van der Waals surface area contributed by atoms with Crippen molar-refractivity contribution in [3.05, 3.63) is 29.3 Å². The Morgan fingerprint density at radius 2 is 2.00 bits per heavy atom. The lowest BCUT2D eigenvalue weighted by Gasteiger charge is -2.23. The van der Waals surface area contributed by atoms with E-state index in [9.17, 15) is 9.90 Å². The average Bonchev–Trinajstić information content (AvgIpc) is 2.37. The molecule has 0 saturated heterocycles. The number of rotatable bonds is 6. The Kier molecular flexibility index (Phi) is 6.02. The molecule has 1 rings (SSSR count). The summed E-state index contributed by atoms with van der Waals surface area (Å²) in [6.45, 7) is 6.56. The standard InChI is InChI=1S/C16H26N2O2/c1-11(2)9-14(16(20)18(4)5)17-10-13-8-6-7-12(3)15(13)19/h6-8,11,14,17,19H,9-10H2,1-5H3. The maximum absolute atomic E-state index is 12.2. The Hall–Kier alpha value is -1.55. The lowest BCUT2D eigenvalue weighted by atomic mass is 10.0. The molecule has 1 unspecified atom stereocenters. The molecule has 1 amide bonds. The maximum atomic E-state index is 12.2. The first-order valence-corrected chi connectivity index (χ1v) is 7.05. The lowest BCUT2D eigenvalue weighted by molar-refractivity contribution is -0.131. The van der Waals surface area contributed by atoms with E-state index in [1.165, 1.54) is 0 Å². The minimum absolute atomic E-state index is 0.0749. The zero-order chi connectivity index (χ0) is 15.3. The SMILES string of the molecule is Cc1cccc(CNC(CC(C)C)C(=O)N(C)C)c1O. The number of nitrogens with one attached hydrogen (secondary N) is 1. The molecule has 1 aromatic carbocycles. The topological polar surface area (TPSA) is 52.6 Å². The molecule has 0 heterocycles. The van der Waals surface area contributed by atoms with E-state index in [0.717, 1.165) is 17.5 Å². The first-order chi connectivity index (χ1) is 9.32. The molecule has 0 aliphatic carbocycles. The van der Waals surface area contributed by atoms with Gasteiger partial charge in [-0.1, -0.05) is 32.0 Å². The summed E-state index contributed by atoms with van der Waals surface area (Å²) in [5.41, 5.74) is 1.67. The van der Waals surface area contributed by atoms with Crippen LogP contribution in [0.5, 0.6) is 5.75 Å².